The number of para-hydroxylation sites is 1. The van der Waals surface area contributed by atoms with Crippen LogP contribution in [-0.2, 0) is 14.3 Å². The predicted octanol–water partition coefficient (Wildman–Crippen LogP) is 2.33. The highest BCUT2D eigenvalue weighted by Gasteiger charge is 2.17. The second-order valence-electron chi connectivity index (χ2n) is 4.66. The fraction of sp³-hybridized carbons (Fsp3) is 0.267. The summed E-state index contributed by atoms with van der Waals surface area (Å²) >= 11 is 1.49. The first kappa shape index (κ1) is 15.2. The van der Waals surface area contributed by atoms with Gasteiger partial charge in [-0.1, -0.05) is 12.1 Å². The molecule has 0 saturated heterocycles. The van der Waals surface area contributed by atoms with Crippen molar-refractivity contribution in [2.24, 2.45) is 0 Å². The van der Waals surface area contributed by atoms with Gasteiger partial charge in [0.1, 0.15) is 5.01 Å². The molecule has 0 spiro atoms. The molecule has 21 heavy (non-hydrogen) atoms. The normalized spacial score (nSPS) is 12.5. The van der Waals surface area contributed by atoms with Crippen LogP contribution in [0.1, 0.15) is 11.9 Å². The first-order valence-corrected chi connectivity index (χ1v) is 7.24. The zero-order valence-corrected chi connectivity index (χ0v) is 12.9. The van der Waals surface area contributed by atoms with E-state index in [2.05, 4.69) is 4.98 Å². The highest BCUT2D eigenvalue weighted by Crippen LogP contribution is 2.22. The molecule has 1 atom stereocenters. The van der Waals surface area contributed by atoms with Crippen LogP contribution in [-0.4, -0.2) is 42.0 Å². The first-order chi connectivity index (χ1) is 9.97. The maximum absolute atomic E-state index is 11.7. The highest BCUT2D eigenvalue weighted by atomic mass is 32.1. The minimum atomic E-state index is -0.799. The third kappa shape index (κ3) is 3.88. The lowest BCUT2D eigenvalue weighted by Crippen LogP contribution is -2.34. The molecule has 1 aromatic carbocycles. The van der Waals surface area contributed by atoms with Gasteiger partial charge in [-0.25, -0.2) is 9.78 Å². The average molecular weight is 304 g/mol. The summed E-state index contributed by atoms with van der Waals surface area (Å²) in [6, 6.07) is 7.75. The van der Waals surface area contributed by atoms with Gasteiger partial charge >= 0.3 is 5.97 Å². The van der Waals surface area contributed by atoms with Crippen LogP contribution in [0.5, 0.6) is 0 Å². The molecule has 2 rings (SSSR count). The molecule has 6 heteroatoms. The lowest BCUT2D eigenvalue weighted by atomic mass is 10.3. The molecular weight excluding hydrogens is 288 g/mol. The molecule has 110 valence electrons. The second-order valence-corrected chi connectivity index (χ2v) is 5.73. The van der Waals surface area contributed by atoms with Crippen molar-refractivity contribution in [1.29, 1.82) is 0 Å². The highest BCUT2D eigenvalue weighted by molar-refractivity contribution is 7.19. The topological polar surface area (TPSA) is 59.5 Å². The smallest absolute Gasteiger partial charge is 0.331 e. The number of esters is 1. The summed E-state index contributed by atoms with van der Waals surface area (Å²) < 4.78 is 6.09. The molecule has 0 saturated carbocycles. The Hall–Kier alpha value is -2.21. The van der Waals surface area contributed by atoms with Crippen LogP contribution in [0, 0.1) is 0 Å². The molecule has 1 amide bonds. The number of hydrogen-bond donors (Lipinski definition) is 0. The van der Waals surface area contributed by atoms with Crippen molar-refractivity contribution < 1.29 is 14.3 Å². The van der Waals surface area contributed by atoms with Crippen LogP contribution in [0.15, 0.2) is 30.3 Å². The van der Waals surface area contributed by atoms with Crippen molar-refractivity contribution in [2.45, 2.75) is 13.0 Å². The van der Waals surface area contributed by atoms with Gasteiger partial charge in [0.15, 0.2) is 6.10 Å². The lowest BCUT2D eigenvalue weighted by Gasteiger charge is -2.16. The third-order valence-electron chi connectivity index (χ3n) is 2.75. The van der Waals surface area contributed by atoms with Crippen LogP contribution in [0.4, 0.5) is 0 Å². The summed E-state index contributed by atoms with van der Waals surface area (Å²) in [6.45, 7) is 1.55. The molecule has 0 aliphatic rings. The largest absolute Gasteiger partial charge is 0.449 e. The molecule has 5 nitrogen and oxygen atoms in total. The molecule has 0 bridgehead atoms. The third-order valence-corrected chi connectivity index (χ3v) is 3.76. The maximum atomic E-state index is 11.7. The fourth-order valence-corrected chi connectivity index (χ4v) is 2.60. The van der Waals surface area contributed by atoms with E-state index in [1.807, 2.05) is 24.3 Å². The number of amides is 1. The van der Waals surface area contributed by atoms with Gasteiger partial charge in [-0.3, -0.25) is 4.79 Å². The number of benzene rings is 1. The van der Waals surface area contributed by atoms with E-state index in [4.69, 9.17) is 4.74 Å². The van der Waals surface area contributed by atoms with E-state index in [9.17, 15) is 9.59 Å². The van der Waals surface area contributed by atoms with Crippen molar-refractivity contribution >= 4 is 39.5 Å². The Kier molecular flexibility index (Phi) is 4.70. The molecule has 0 aliphatic heterocycles. The van der Waals surface area contributed by atoms with Crippen molar-refractivity contribution in [3.8, 4) is 0 Å². The molecule has 1 aromatic heterocycles. The average Bonchev–Trinajstić information content (AvgIpc) is 2.86. The number of carbonyl (C=O) groups excluding carboxylic acids is 2. The number of fused-ring (bicyclic) bond motifs is 1. The monoisotopic (exact) mass is 304 g/mol. The number of likely N-dealkylation sites (N-methyl/N-ethyl adjacent to an activating group) is 1. The quantitative estimate of drug-likeness (QED) is 0.642. The van der Waals surface area contributed by atoms with Gasteiger partial charge in [-0.2, -0.15) is 0 Å². The summed E-state index contributed by atoms with van der Waals surface area (Å²) in [4.78, 5) is 29.0. The summed E-state index contributed by atoms with van der Waals surface area (Å²) in [5.41, 5.74) is 0.895. The molecular formula is C15H16N2O3S. The number of nitrogens with zero attached hydrogens (tertiary/aromatic N) is 2. The zero-order chi connectivity index (χ0) is 15.4. The second kappa shape index (κ2) is 6.49. The number of aromatic nitrogens is 1. The van der Waals surface area contributed by atoms with E-state index in [0.29, 0.717) is 0 Å². The standard InChI is InChI=1S/C15H16N2O3S/c1-10(15(19)17(2)3)20-14(18)9-8-13-16-11-6-4-5-7-12(11)21-13/h4-10H,1-3H3/b9-8+/t10-/m1/s1. The number of hydrogen-bond acceptors (Lipinski definition) is 5. The van der Waals surface area contributed by atoms with Crippen molar-refractivity contribution in [1.82, 2.24) is 9.88 Å². The van der Waals surface area contributed by atoms with Gasteiger partial charge in [0.25, 0.3) is 5.91 Å². The Labute approximate surface area is 126 Å². The minimum Gasteiger partial charge on any atom is -0.449 e. The minimum absolute atomic E-state index is 0.253. The Bertz CT molecular complexity index is 658. The number of ether oxygens (including phenoxy) is 1. The van der Waals surface area contributed by atoms with E-state index in [-0.39, 0.29) is 5.91 Å². The number of thiazole rings is 1. The van der Waals surface area contributed by atoms with Gasteiger partial charge < -0.3 is 9.64 Å². The summed E-state index contributed by atoms with van der Waals surface area (Å²) in [5, 5.41) is 0.722. The molecule has 2 aromatic rings. The molecule has 0 aliphatic carbocycles. The van der Waals surface area contributed by atoms with Gasteiger partial charge in [-0.15, -0.1) is 11.3 Å². The van der Waals surface area contributed by atoms with Gasteiger partial charge in [0.05, 0.1) is 10.2 Å². The van der Waals surface area contributed by atoms with Gasteiger partial charge in [-0.05, 0) is 25.1 Å². The van der Waals surface area contributed by atoms with Gasteiger partial charge in [0.2, 0.25) is 0 Å². The molecule has 0 fully saturated rings. The maximum Gasteiger partial charge on any atom is 0.331 e. The summed E-state index contributed by atoms with van der Waals surface area (Å²) in [5.74, 6) is -0.811. The molecule has 1 heterocycles. The van der Waals surface area contributed by atoms with E-state index in [0.717, 1.165) is 15.2 Å². The van der Waals surface area contributed by atoms with E-state index in [1.165, 1.54) is 22.3 Å². The van der Waals surface area contributed by atoms with Crippen LogP contribution < -0.4 is 0 Å². The van der Waals surface area contributed by atoms with E-state index in [1.54, 1.807) is 27.1 Å². The Balaban J connectivity index is 2.00. The summed E-state index contributed by atoms with van der Waals surface area (Å²) in [7, 11) is 3.23. The van der Waals surface area contributed by atoms with Crippen LogP contribution >= 0.6 is 11.3 Å². The van der Waals surface area contributed by atoms with Crippen molar-refractivity contribution in [3.05, 3.63) is 35.3 Å². The van der Waals surface area contributed by atoms with E-state index < -0.39 is 12.1 Å². The Morgan fingerprint density at radius 2 is 2.05 bits per heavy atom. The van der Waals surface area contributed by atoms with Crippen LogP contribution in [0.3, 0.4) is 0 Å². The molecule has 0 radical (unpaired) electrons. The molecule has 0 N–H and O–H groups in total. The number of rotatable bonds is 4. The first-order valence-electron chi connectivity index (χ1n) is 6.43. The fourth-order valence-electron chi connectivity index (χ4n) is 1.73. The predicted molar refractivity (Wildman–Crippen MR) is 82.9 cm³/mol. The van der Waals surface area contributed by atoms with Gasteiger partial charge in [0, 0.05) is 20.2 Å². The Morgan fingerprint density at radius 3 is 2.71 bits per heavy atom. The van der Waals surface area contributed by atoms with Crippen LogP contribution in [0.2, 0.25) is 0 Å². The van der Waals surface area contributed by atoms with Crippen molar-refractivity contribution in [2.75, 3.05) is 14.1 Å². The Morgan fingerprint density at radius 1 is 1.33 bits per heavy atom. The van der Waals surface area contributed by atoms with Crippen LogP contribution in [0.25, 0.3) is 16.3 Å². The lowest BCUT2D eigenvalue weighted by molar-refractivity contribution is -0.153. The molecule has 0 unspecified atom stereocenters. The van der Waals surface area contributed by atoms with Crippen molar-refractivity contribution in [3.63, 3.8) is 0 Å². The SMILES string of the molecule is C[C@@H](OC(=O)/C=C/c1nc2ccccc2s1)C(=O)N(C)C. The summed E-state index contributed by atoms with van der Waals surface area (Å²) in [6.07, 6.45) is 2.09. The number of carbonyl (C=O) groups is 2. The van der Waals surface area contributed by atoms with E-state index >= 15 is 0 Å². The zero-order valence-electron chi connectivity index (χ0n) is 12.1.